The van der Waals surface area contributed by atoms with Crippen LogP contribution in [0.1, 0.15) is 31.0 Å². The molecule has 1 rings (SSSR count). The average Bonchev–Trinajstić information content (AvgIpc) is 2.04. The molecule has 0 aliphatic rings. The number of nitrogens with two attached hydrogens (primary N) is 1. The molecule has 1 aromatic rings. The van der Waals surface area contributed by atoms with Crippen molar-refractivity contribution in [2.75, 3.05) is 0 Å². The minimum absolute atomic E-state index is 0.118. The third-order valence-electron chi connectivity index (χ3n) is 1.81. The Bertz CT molecular complexity index is 231. The summed E-state index contributed by atoms with van der Waals surface area (Å²) in [5.74, 6) is 0. The fourth-order valence-corrected chi connectivity index (χ4v) is 1.18. The summed E-state index contributed by atoms with van der Waals surface area (Å²) >= 11 is 0. The summed E-state index contributed by atoms with van der Waals surface area (Å²) in [4.78, 5) is 4.04. The molecular formula is C9H14N2. The van der Waals surface area contributed by atoms with E-state index in [0.29, 0.717) is 0 Å². The molecule has 0 saturated heterocycles. The summed E-state index contributed by atoms with van der Waals surface area (Å²) in [6, 6.07) is 2.11. The minimum atomic E-state index is 0.118. The highest BCUT2D eigenvalue weighted by Crippen LogP contribution is 2.14. The van der Waals surface area contributed by atoms with E-state index in [1.807, 2.05) is 19.2 Å². The zero-order chi connectivity index (χ0) is 8.27. The van der Waals surface area contributed by atoms with Crippen molar-refractivity contribution in [2.45, 2.75) is 26.3 Å². The summed E-state index contributed by atoms with van der Waals surface area (Å²) < 4.78 is 0. The van der Waals surface area contributed by atoms with Gasteiger partial charge in [0.2, 0.25) is 0 Å². The molecule has 0 aliphatic heterocycles. The van der Waals surface area contributed by atoms with Crippen LogP contribution in [0.3, 0.4) is 0 Å². The van der Waals surface area contributed by atoms with Crippen LogP contribution in [0, 0.1) is 0 Å². The first-order valence-electron chi connectivity index (χ1n) is 3.94. The van der Waals surface area contributed by atoms with E-state index < -0.39 is 0 Å². The Morgan fingerprint density at radius 1 is 1.64 bits per heavy atom. The number of nitrogens with zero attached hydrogens (tertiary/aromatic N) is 1. The van der Waals surface area contributed by atoms with E-state index in [2.05, 4.69) is 11.9 Å². The van der Waals surface area contributed by atoms with Gasteiger partial charge in [-0.2, -0.15) is 0 Å². The molecule has 2 nitrogen and oxygen atoms in total. The number of hydrogen-bond acceptors (Lipinski definition) is 2. The van der Waals surface area contributed by atoms with Gasteiger partial charge in [0, 0.05) is 18.4 Å². The van der Waals surface area contributed by atoms with Gasteiger partial charge >= 0.3 is 0 Å². The number of aryl methyl sites for hydroxylation is 1. The first-order chi connectivity index (χ1) is 5.25. The highest BCUT2D eigenvalue weighted by molar-refractivity contribution is 5.25. The Morgan fingerprint density at radius 3 is 2.82 bits per heavy atom. The molecule has 0 saturated carbocycles. The van der Waals surface area contributed by atoms with Gasteiger partial charge in [0.05, 0.1) is 0 Å². The fraction of sp³-hybridized carbons (Fsp3) is 0.444. The molecule has 0 amide bonds. The van der Waals surface area contributed by atoms with E-state index in [4.69, 9.17) is 5.73 Å². The van der Waals surface area contributed by atoms with E-state index in [9.17, 15) is 0 Å². The lowest BCUT2D eigenvalue weighted by molar-refractivity contribution is 0.797. The Kier molecular flexibility index (Phi) is 2.60. The largest absolute Gasteiger partial charge is 0.324 e. The molecule has 60 valence electrons. The van der Waals surface area contributed by atoms with Gasteiger partial charge in [-0.25, -0.2) is 0 Å². The van der Waals surface area contributed by atoms with Gasteiger partial charge in [0.15, 0.2) is 0 Å². The zero-order valence-electron chi connectivity index (χ0n) is 7.04. The van der Waals surface area contributed by atoms with E-state index in [0.717, 1.165) is 6.42 Å². The summed E-state index contributed by atoms with van der Waals surface area (Å²) in [6.07, 6.45) is 4.68. The van der Waals surface area contributed by atoms with Crippen LogP contribution in [-0.2, 0) is 6.42 Å². The summed E-state index contributed by atoms with van der Waals surface area (Å²) in [7, 11) is 0. The highest BCUT2D eigenvalue weighted by atomic mass is 14.6. The average molecular weight is 150 g/mol. The minimum Gasteiger partial charge on any atom is -0.324 e. The van der Waals surface area contributed by atoms with Gasteiger partial charge in [0.25, 0.3) is 0 Å². The van der Waals surface area contributed by atoms with Crippen molar-refractivity contribution in [1.82, 2.24) is 4.98 Å². The van der Waals surface area contributed by atoms with Gasteiger partial charge < -0.3 is 5.73 Å². The third-order valence-corrected chi connectivity index (χ3v) is 1.81. The molecule has 0 bridgehead atoms. The second-order valence-electron chi connectivity index (χ2n) is 2.72. The Hall–Kier alpha value is -0.890. The quantitative estimate of drug-likeness (QED) is 0.696. The van der Waals surface area contributed by atoms with Crippen LogP contribution in [0.2, 0.25) is 0 Å². The van der Waals surface area contributed by atoms with Crippen LogP contribution in [0.5, 0.6) is 0 Å². The van der Waals surface area contributed by atoms with E-state index in [1.165, 1.54) is 11.1 Å². The predicted octanol–water partition coefficient (Wildman–Crippen LogP) is 1.66. The molecule has 2 heteroatoms. The first kappa shape index (κ1) is 8.21. The van der Waals surface area contributed by atoms with E-state index >= 15 is 0 Å². The smallest absolute Gasteiger partial charge is 0.0303 e. The predicted molar refractivity (Wildman–Crippen MR) is 46.2 cm³/mol. The van der Waals surface area contributed by atoms with Crippen LogP contribution in [0.4, 0.5) is 0 Å². The molecule has 0 spiro atoms. The molecular weight excluding hydrogens is 136 g/mol. The van der Waals surface area contributed by atoms with E-state index in [-0.39, 0.29) is 6.04 Å². The Balaban J connectivity index is 3.02. The van der Waals surface area contributed by atoms with Crippen LogP contribution < -0.4 is 5.73 Å². The van der Waals surface area contributed by atoms with Crippen molar-refractivity contribution in [3.8, 4) is 0 Å². The molecule has 0 radical (unpaired) electrons. The van der Waals surface area contributed by atoms with Gasteiger partial charge in [-0.3, -0.25) is 4.98 Å². The van der Waals surface area contributed by atoms with Crippen LogP contribution in [-0.4, -0.2) is 4.98 Å². The maximum absolute atomic E-state index is 5.76. The molecule has 11 heavy (non-hydrogen) atoms. The molecule has 0 aliphatic carbocycles. The number of rotatable bonds is 2. The molecule has 1 unspecified atom stereocenters. The second-order valence-corrected chi connectivity index (χ2v) is 2.72. The van der Waals surface area contributed by atoms with Gasteiger partial charge in [0.1, 0.15) is 0 Å². The van der Waals surface area contributed by atoms with Crippen molar-refractivity contribution in [1.29, 1.82) is 0 Å². The lowest BCUT2D eigenvalue weighted by Gasteiger charge is -2.09. The van der Waals surface area contributed by atoms with Crippen molar-refractivity contribution in [3.05, 3.63) is 29.6 Å². The molecule has 1 heterocycles. The van der Waals surface area contributed by atoms with Crippen molar-refractivity contribution < 1.29 is 0 Å². The van der Waals surface area contributed by atoms with Crippen LogP contribution in [0.15, 0.2) is 18.5 Å². The molecule has 1 atom stereocenters. The maximum Gasteiger partial charge on any atom is 0.0303 e. The Labute approximate surface area is 67.5 Å². The van der Waals surface area contributed by atoms with Crippen LogP contribution >= 0.6 is 0 Å². The summed E-state index contributed by atoms with van der Waals surface area (Å²) in [6.45, 7) is 4.11. The van der Waals surface area contributed by atoms with Gasteiger partial charge in [-0.05, 0) is 30.5 Å². The number of pyridine rings is 1. The van der Waals surface area contributed by atoms with Gasteiger partial charge in [-0.1, -0.05) is 6.92 Å². The van der Waals surface area contributed by atoms with Crippen molar-refractivity contribution >= 4 is 0 Å². The third kappa shape index (κ3) is 1.77. The monoisotopic (exact) mass is 150 g/mol. The second kappa shape index (κ2) is 3.49. The topological polar surface area (TPSA) is 38.9 Å². The fourth-order valence-electron chi connectivity index (χ4n) is 1.18. The van der Waals surface area contributed by atoms with E-state index in [1.54, 1.807) is 6.20 Å². The van der Waals surface area contributed by atoms with Crippen LogP contribution in [0.25, 0.3) is 0 Å². The van der Waals surface area contributed by atoms with Crippen molar-refractivity contribution in [3.63, 3.8) is 0 Å². The maximum atomic E-state index is 5.76. The lowest BCUT2D eigenvalue weighted by atomic mass is 10.0. The van der Waals surface area contributed by atoms with Crippen molar-refractivity contribution in [2.24, 2.45) is 5.73 Å². The number of hydrogen-bond donors (Lipinski definition) is 1. The first-order valence-corrected chi connectivity index (χ1v) is 3.94. The molecule has 1 aromatic heterocycles. The normalized spacial score (nSPS) is 13.0. The molecule has 0 aromatic carbocycles. The number of aromatic nitrogens is 1. The molecule has 2 N–H and O–H groups in total. The standard InChI is InChI=1S/C9H14N2/c1-3-8-6-11-5-4-9(8)7(2)10/h4-7H,3,10H2,1-2H3. The Morgan fingerprint density at radius 2 is 2.36 bits per heavy atom. The molecule has 0 fully saturated rings. The van der Waals surface area contributed by atoms with Gasteiger partial charge in [-0.15, -0.1) is 0 Å². The summed E-state index contributed by atoms with van der Waals surface area (Å²) in [5, 5.41) is 0. The zero-order valence-corrected chi connectivity index (χ0v) is 7.04. The summed E-state index contributed by atoms with van der Waals surface area (Å²) in [5.41, 5.74) is 8.23. The highest BCUT2D eigenvalue weighted by Gasteiger charge is 2.03. The lowest BCUT2D eigenvalue weighted by Crippen LogP contribution is -2.08. The SMILES string of the molecule is CCc1cnccc1C(C)N.